The Balaban J connectivity index is 2.20. The molecule has 3 heteroatoms. The van der Waals surface area contributed by atoms with Gasteiger partial charge in [-0.2, -0.15) is 0 Å². The van der Waals surface area contributed by atoms with E-state index >= 15 is 0 Å². The molecule has 3 nitrogen and oxygen atoms in total. The van der Waals surface area contributed by atoms with Crippen molar-refractivity contribution in [2.45, 2.75) is 59.0 Å². The third-order valence-electron chi connectivity index (χ3n) is 4.27. The smallest absolute Gasteiger partial charge is 0.126 e. The van der Waals surface area contributed by atoms with E-state index < -0.39 is 0 Å². The molecule has 1 aliphatic carbocycles. The van der Waals surface area contributed by atoms with E-state index in [0.29, 0.717) is 6.04 Å². The first-order valence-corrected chi connectivity index (χ1v) is 7.52. The van der Waals surface area contributed by atoms with Gasteiger partial charge < -0.3 is 9.88 Å². The summed E-state index contributed by atoms with van der Waals surface area (Å²) >= 11 is 0. The van der Waals surface area contributed by atoms with Crippen molar-refractivity contribution >= 4 is 0 Å². The van der Waals surface area contributed by atoms with Crippen LogP contribution in [0.1, 0.15) is 58.3 Å². The zero-order valence-electron chi connectivity index (χ0n) is 12.0. The van der Waals surface area contributed by atoms with Crippen molar-refractivity contribution in [3.05, 3.63) is 18.2 Å². The van der Waals surface area contributed by atoms with Crippen molar-refractivity contribution in [3.63, 3.8) is 0 Å². The predicted octanol–water partition coefficient (Wildman–Crippen LogP) is 3.38. The van der Waals surface area contributed by atoms with Crippen LogP contribution in [0.2, 0.25) is 0 Å². The highest BCUT2D eigenvalue weighted by Gasteiger charge is 2.33. The lowest BCUT2D eigenvalue weighted by atomic mass is 9.89. The molecule has 3 atom stereocenters. The van der Waals surface area contributed by atoms with E-state index in [4.69, 9.17) is 0 Å². The molecule has 0 aliphatic heterocycles. The first kappa shape index (κ1) is 13.6. The Labute approximate surface area is 111 Å². The van der Waals surface area contributed by atoms with Gasteiger partial charge in [-0.3, -0.25) is 0 Å². The van der Waals surface area contributed by atoms with E-state index in [2.05, 4.69) is 41.8 Å². The number of nitrogens with zero attached hydrogens (tertiary/aromatic N) is 2. The maximum atomic E-state index is 4.63. The fraction of sp³-hybridized carbons (Fsp3) is 0.800. The van der Waals surface area contributed by atoms with Gasteiger partial charge in [0.2, 0.25) is 0 Å². The number of aromatic nitrogens is 2. The summed E-state index contributed by atoms with van der Waals surface area (Å²) < 4.78 is 2.33. The molecule has 1 aromatic rings. The molecule has 0 saturated heterocycles. The third-order valence-corrected chi connectivity index (χ3v) is 4.27. The summed E-state index contributed by atoms with van der Waals surface area (Å²) in [5, 5.41) is 3.67. The van der Waals surface area contributed by atoms with Crippen LogP contribution in [0.3, 0.4) is 0 Å². The lowest BCUT2D eigenvalue weighted by molar-refractivity contribution is 0.288. The Morgan fingerprint density at radius 2 is 2.28 bits per heavy atom. The third kappa shape index (κ3) is 2.77. The number of hydrogen-bond acceptors (Lipinski definition) is 2. The van der Waals surface area contributed by atoms with E-state index in [0.717, 1.165) is 24.9 Å². The van der Waals surface area contributed by atoms with Crippen molar-refractivity contribution in [2.24, 2.45) is 11.8 Å². The van der Waals surface area contributed by atoms with E-state index in [1.807, 2.05) is 6.20 Å². The minimum atomic E-state index is 0.439. The van der Waals surface area contributed by atoms with E-state index in [1.54, 1.807) is 0 Å². The number of rotatable bonds is 6. The molecule has 0 amide bonds. The molecule has 2 rings (SSSR count). The van der Waals surface area contributed by atoms with E-state index in [9.17, 15) is 0 Å². The number of nitrogens with one attached hydrogen (secondary N) is 1. The summed E-state index contributed by atoms with van der Waals surface area (Å²) in [6.45, 7) is 8.92. The van der Waals surface area contributed by atoms with Gasteiger partial charge in [0.15, 0.2) is 0 Å². The molecule has 1 heterocycles. The van der Waals surface area contributed by atoms with Crippen LogP contribution in [-0.4, -0.2) is 16.1 Å². The van der Waals surface area contributed by atoms with Crippen molar-refractivity contribution in [2.75, 3.05) is 6.54 Å². The summed E-state index contributed by atoms with van der Waals surface area (Å²) in [7, 11) is 0. The second kappa shape index (κ2) is 6.37. The highest BCUT2D eigenvalue weighted by atomic mass is 15.1. The zero-order valence-corrected chi connectivity index (χ0v) is 12.0. The van der Waals surface area contributed by atoms with Crippen molar-refractivity contribution in [1.29, 1.82) is 0 Å². The van der Waals surface area contributed by atoms with Crippen LogP contribution in [0.5, 0.6) is 0 Å². The second-order valence-electron chi connectivity index (χ2n) is 5.59. The molecule has 1 N–H and O–H groups in total. The Morgan fingerprint density at radius 1 is 1.44 bits per heavy atom. The summed E-state index contributed by atoms with van der Waals surface area (Å²) in [5.41, 5.74) is 0. The molecule has 0 spiro atoms. The number of hydrogen-bond donors (Lipinski definition) is 1. The molecule has 1 aliphatic rings. The maximum absolute atomic E-state index is 4.63. The molecule has 0 bridgehead atoms. The van der Waals surface area contributed by atoms with Crippen molar-refractivity contribution in [1.82, 2.24) is 14.9 Å². The molecule has 102 valence electrons. The van der Waals surface area contributed by atoms with Crippen molar-refractivity contribution in [3.8, 4) is 0 Å². The van der Waals surface area contributed by atoms with Crippen LogP contribution in [0, 0.1) is 11.8 Å². The summed E-state index contributed by atoms with van der Waals surface area (Å²) in [6.07, 6.45) is 9.35. The topological polar surface area (TPSA) is 29.9 Å². The van der Waals surface area contributed by atoms with Crippen LogP contribution < -0.4 is 5.32 Å². The maximum Gasteiger partial charge on any atom is 0.126 e. The van der Waals surface area contributed by atoms with Crippen LogP contribution in [0.25, 0.3) is 0 Å². The summed E-state index contributed by atoms with van der Waals surface area (Å²) in [6, 6.07) is 0.439. The average molecular weight is 249 g/mol. The molecule has 18 heavy (non-hydrogen) atoms. The largest absolute Gasteiger partial charge is 0.334 e. The van der Waals surface area contributed by atoms with Gasteiger partial charge in [0, 0.05) is 18.9 Å². The minimum absolute atomic E-state index is 0.439. The monoisotopic (exact) mass is 249 g/mol. The van der Waals surface area contributed by atoms with Gasteiger partial charge >= 0.3 is 0 Å². The highest BCUT2D eigenvalue weighted by molar-refractivity contribution is 5.03. The quantitative estimate of drug-likeness (QED) is 0.837. The Morgan fingerprint density at radius 3 is 2.89 bits per heavy atom. The molecule has 1 aromatic heterocycles. The summed E-state index contributed by atoms with van der Waals surface area (Å²) in [5.74, 6) is 2.82. The summed E-state index contributed by atoms with van der Waals surface area (Å²) in [4.78, 5) is 4.63. The van der Waals surface area contributed by atoms with Gasteiger partial charge in [-0.05, 0) is 31.2 Å². The lowest BCUT2D eigenvalue weighted by Gasteiger charge is -2.28. The molecule has 1 saturated carbocycles. The van der Waals surface area contributed by atoms with Crippen LogP contribution >= 0.6 is 0 Å². The fourth-order valence-electron chi connectivity index (χ4n) is 3.35. The van der Waals surface area contributed by atoms with Gasteiger partial charge in [-0.15, -0.1) is 0 Å². The highest BCUT2D eigenvalue weighted by Crippen LogP contribution is 2.39. The van der Waals surface area contributed by atoms with Gasteiger partial charge in [-0.1, -0.05) is 33.6 Å². The molecule has 0 aromatic carbocycles. The van der Waals surface area contributed by atoms with Gasteiger partial charge in [0.1, 0.15) is 5.82 Å². The molecular formula is C15H27N3. The molecule has 1 fully saturated rings. The first-order valence-electron chi connectivity index (χ1n) is 7.52. The van der Waals surface area contributed by atoms with Crippen LogP contribution in [-0.2, 0) is 6.54 Å². The average Bonchev–Trinajstić information content (AvgIpc) is 2.96. The molecule has 0 radical (unpaired) electrons. The van der Waals surface area contributed by atoms with Crippen LogP contribution in [0.4, 0.5) is 0 Å². The SMILES string of the molecule is CCCn1ccnc1C(NCC)C1CCCC1C. The van der Waals surface area contributed by atoms with Gasteiger partial charge in [0.25, 0.3) is 0 Å². The Hall–Kier alpha value is -0.830. The lowest BCUT2D eigenvalue weighted by Crippen LogP contribution is -2.32. The Bertz CT molecular complexity index is 358. The van der Waals surface area contributed by atoms with Gasteiger partial charge in [-0.25, -0.2) is 4.98 Å². The number of aryl methyl sites for hydroxylation is 1. The minimum Gasteiger partial charge on any atom is -0.334 e. The van der Waals surface area contributed by atoms with E-state index in [-0.39, 0.29) is 0 Å². The fourth-order valence-corrected chi connectivity index (χ4v) is 3.35. The van der Waals surface area contributed by atoms with Gasteiger partial charge in [0.05, 0.1) is 6.04 Å². The van der Waals surface area contributed by atoms with E-state index in [1.165, 1.54) is 31.5 Å². The predicted molar refractivity (Wildman–Crippen MR) is 75.4 cm³/mol. The van der Waals surface area contributed by atoms with Crippen LogP contribution in [0.15, 0.2) is 12.4 Å². The standard InChI is InChI=1S/C15H27N3/c1-4-10-18-11-9-17-15(18)14(16-5-2)13-8-6-7-12(13)3/h9,11-14,16H,4-8,10H2,1-3H3. The Kier molecular flexibility index (Phi) is 4.81. The normalized spacial score (nSPS) is 25.5. The second-order valence-corrected chi connectivity index (χ2v) is 5.59. The molecular weight excluding hydrogens is 222 g/mol. The van der Waals surface area contributed by atoms with Crippen molar-refractivity contribution < 1.29 is 0 Å². The first-order chi connectivity index (χ1) is 8.77. The zero-order chi connectivity index (χ0) is 13.0. The number of imidazole rings is 1. The molecule has 3 unspecified atom stereocenters.